The second-order valence-electron chi connectivity index (χ2n) is 4.31. The van der Waals surface area contributed by atoms with E-state index in [1.807, 2.05) is 30.3 Å². The van der Waals surface area contributed by atoms with Crippen molar-refractivity contribution in [1.29, 1.82) is 0 Å². The van der Waals surface area contributed by atoms with Crippen molar-refractivity contribution in [1.82, 2.24) is 9.80 Å². The molecule has 0 aliphatic carbocycles. The van der Waals surface area contributed by atoms with Gasteiger partial charge in [-0.1, -0.05) is 6.07 Å². The average molecular weight is 239 g/mol. The maximum Gasteiger partial charge on any atom is 0.320 e. The third kappa shape index (κ3) is 2.05. The van der Waals surface area contributed by atoms with Crippen LogP contribution in [0.5, 0.6) is 0 Å². The first-order chi connectivity index (χ1) is 7.59. The highest BCUT2D eigenvalue weighted by Gasteiger charge is 2.35. The zero-order chi connectivity index (χ0) is 11.7. The van der Waals surface area contributed by atoms with E-state index >= 15 is 0 Å². The molecule has 2 rings (SSSR count). The number of likely N-dealkylation sites (N-methyl/N-ethyl adjacent to an activating group) is 1. The molecule has 2 heterocycles. The SMILES string of the molecule is CC(N)CN1CC(c2cccs2)N(C)C1=O. The largest absolute Gasteiger partial charge is 0.326 e. The first-order valence-electron chi connectivity index (χ1n) is 5.40. The van der Waals surface area contributed by atoms with Crippen LogP contribution in [0.4, 0.5) is 4.79 Å². The average Bonchev–Trinajstić information content (AvgIpc) is 2.81. The minimum absolute atomic E-state index is 0.0273. The Morgan fingerprint density at radius 3 is 3.00 bits per heavy atom. The highest BCUT2D eigenvalue weighted by atomic mass is 32.1. The summed E-state index contributed by atoms with van der Waals surface area (Å²) in [5.41, 5.74) is 5.73. The van der Waals surface area contributed by atoms with E-state index in [0.29, 0.717) is 6.54 Å². The molecule has 16 heavy (non-hydrogen) atoms. The third-order valence-corrected chi connectivity index (χ3v) is 3.79. The topological polar surface area (TPSA) is 49.6 Å². The third-order valence-electron chi connectivity index (χ3n) is 2.81. The van der Waals surface area contributed by atoms with Gasteiger partial charge in [-0.15, -0.1) is 11.3 Å². The summed E-state index contributed by atoms with van der Waals surface area (Å²) in [6.45, 7) is 3.30. The van der Waals surface area contributed by atoms with Gasteiger partial charge in [-0.25, -0.2) is 4.79 Å². The van der Waals surface area contributed by atoms with E-state index in [4.69, 9.17) is 5.73 Å². The van der Waals surface area contributed by atoms with Crippen molar-refractivity contribution in [2.45, 2.75) is 19.0 Å². The molecule has 1 aromatic heterocycles. The Morgan fingerprint density at radius 2 is 2.44 bits per heavy atom. The van der Waals surface area contributed by atoms with Crippen LogP contribution < -0.4 is 5.73 Å². The van der Waals surface area contributed by atoms with Crippen molar-refractivity contribution < 1.29 is 4.79 Å². The lowest BCUT2D eigenvalue weighted by Gasteiger charge is -2.17. The van der Waals surface area contributed by atoms with E-state index in [2.05, 4.69) is 6.07 Å². The Kier molecular flexibility index (Phi) is 3.16. The van der Waals surface area contributed by atoms with Gasteiger partial charge in [0.25, 0.3) is 0 Å². The Labute approximate surface area is 99.6 Å². The molecule has 0 spiro atoms. The molecule has 2 unspecified atom stereocenters. The van der Waals surface area contributed by atoms with Crippen LogP contribution in [0, 0.1) is 0 Å². The van der Waals surface area contributed by atoms with E-state index in [1.54, 1.807) is 16.2 Å². The molecule has 1 aromatic rings. The molecule has 2 N–H and O–H groups in total. The van der Waals surface area contributed by atoms with Crippen LogP contribution in [0.1, 0.15) is 17.8 Å². The summed E-state index contributed by atoms with van der Waals surface area (Å²) in [6.07, 6.45) is 0. The lowest BCUT2D eigenvalue weighted by atomic mass is 10.2. The van der Waals surface area contributed by atoms with Gasteiger partial charge in [0.1, 0.15) is 0 Å². The first kappa shape index (κ1) is 11.4. The molecule has 4 nitrogen and oxygen atoms in total. The Hall–Kier alpha value is -1.07. The summed E-state index contributed by atoms with van der Waals surface area (Å²) < 4.78 is 0. The normalized spacial score (nSPS) is 22.9. The molecule has 1 aliphatic rings. The van der Waals surface area contributed by atoms with Gasteiger partial charge in [0.2, 0.25) is 0 Å². The van der Waals surface area contributed by atoms with Gasteiger partial charge in [-0.3, -0.25) is 0 Å². The Balaban J connectivity index is 2.11. The Bertz CT molecular complexity index is 363. The number of nitrogens with zero attached hydrogens (tertiary/aromatic N) is 2. The zero-order valence-electron chi connectivity index (χ0n) is 9.59. The fraction of sp³-hybridized carbons (Fsp3) is 0.545. The second-order valence-corrected chi connectivity index (χ2v) is 5.29. The molecule has 0 radical (unpaired) electrons. The predicted molar refractivity (Wildman–Crippen MR) is 65.4 cm³/mol. The molecular weight excluding hydrogens is 222 g/mol. The maximum atomic E-state index is 11.9. The number of amides is 2. The minimum atomic E-state index is 0.0273. The smallest absolute Gasteiger partial charge is 0.320 e. The molecule has 1 aliphatic heterocycles. The summed E-state index contributed by atoms with van der Waals surface area (Å²) in [7, 11) is 1.86. The summed E-state index contributed by atoms with van der Waals surface area (Å²) in [4.78, 5) is 16.8. The number of rotatable bonds is 3. The molecule has 0 aromatic carbocycles. The van der Waals surface area contributed by atoms with Crippen molar-refractivity contribution in [2.75, 3.05) is 20.1 Å². The van der Waals surface area contributed by atoms with Crippen molar-refractivity contribution in [3.8, 4) is 0 Å². The molecule has 0 bridgehead atoms. The standard InChI is InChI=1S/C11H17N3OS/c1-8(12)6-14-7-9(13(2)11(14)15)10-4-3-5-16-10/h3-5,8-9H,6-7,12H2,1-2H3. The molecule has 88 valence electrons. The molecule has 1 saturated heterocycles. The number of thiophene rings is 1. The summed E-state index contributed by atoms with van der Waals surface area (Å²) in [6, 6.07) is 4.39. The first-order valence-corrected chi connectivity index (χ1v) is 6.28. The van der Waals surface area contributed by atoms with Gasteiger partial charge in [0, 0.05) is 31.1 Å². The van der Waals surface area contributed by atoms with Crippen LogP contribution in [0.25, 0.3) is 0 Å². The van der Waals surface area contributed by atoms with Crippen molar-refractivity contribution >= 4 is 17.4 Å². The van der Waals surface area contributed by atoms with Gasteiger partial charge in [0.05, 0.1) is 6.04 Å². The highest BCUT2D eigenvalue weighted by Crippen LogP contribution is 2.30. The van der Waals surface area contributed by atoms with E-state index < -0.39 is 0 Å². The monoisotopic (exact) mass is 239 g/mol. The van der Waals surface area contributed by atoms with Crippen LogP contribution in [-0.2, 0) is 0 Å². The quantitative estimate of drug-likeness (QED) is 0.869. The molecule has 2 atom stereocenters. The second kappa shape index (κ2) is 4.43. The fourth-order valence-electron chi connectivity index (χ4n) is 2.03. The van der Waals surface area contributed by atoms with Crippen LogP contribution in [-0.4, -0.2) is 42.0 Å². The minimum Gasteiger partial charge on any atom is -0.326 e. The molecular formula is C11H17N3OS. The Morgan fingerprint density at radius 1 is 1.69 bits per heavy atom. The van der Waals surface area contributed by atoms with E-state index in [-0.39, 0.29) is 18.1 Å². The summed E-state index contributed by atoms with van der Waals surface area (Å²) in [5.74, 6) is 0. The number of carbonyl (C=O) groups excluding carboxylic acids is 1. The van der Waals surface area contributed by atoms with Crippen molar-refractivity contribution in [2.24, 2.45) is 5.73 Å². The van der Waals surface area contributed by atoms with Crippen LogP contribution in [0.2, 0.25) is 0 Å². The van der Waals surface area contributed by atoms with Crippen LogP contribution in [0.3, 0.4) is 0 Å². The molecule has 0 saturated carbocycles. The van der Waals surface area contributed by atoms with Crippen molar-refractivity contribution in [3.05, 3.63) is 22.4 Å². The van der Waals surface area contributed by atoms with Gasteiger partial charge in [-0.05, 0) is 18.4 Å². The van der Waals surface area contributed by atoms with Gasteiger partial charge < -0.3 is 15.5 Å². The van der Waals surface area contributed by atoms with Crippen molar-refractivity contribution in [3.63, 3.8) is 0 Å². The van der Waals surface area contributed by atoms with Crippen LogP contribution in [0.15, 0.2) is 17.5 Å². The number of hydrogen-bond acceptors (Lipinski definition) is 3. The lowest BCUT2D eigenvalue weighted by molar-refractivity contribution is 0.194. The number of carbonyl (C=O) groups is 1. The van der Waals surface area contributed by atoms with Gasteiger partial charge >= 0.3 is 6.03 Å². The number of nitrogens with two attached hydrogens (primary N) is 1. The lowest BCUT2D eigenvalue weighted by Crippen LogP contribution is -2.38. The van der Waals surface area contributed by atoms with E-state index in [0.717, 1.165) is 6.54 Å². The summed E-state index contributed by atoms with van der Waals surface area (Å²) >= 11 is 1.70. The zero-order valence-corrected chi connectivity index (χ0v) is 10.4. The predicted octanol–water partition coefficient (Wildman–Crippen LogP) is 1.50. The van der Waals surface area contributed by atoms with E-state index in [1.165, 1.54) is 4.88 Å². The summed E-state index contributed by atoms with van der Waals surface area (Å²) in [5, 5.41) is 2.04. The van der Waals surface area contributed by atoms with Crippen LogP contribution >= 0.6 is 11.3 Å². The fourth-order valence-corrected chi connectivity index (χ4v) is 2.89. The molecule has 2 amide bonds. The number of urea groups is 1. The highest BCUT2D eigenvalue weighted by molar-refractivity contribution is 7.10. The van der Waals surface area contributed by atoms with E-state index in [9.17, 15) is 4.79 Å². The van der Waals surface area contributed by atoms with Gasteiger partial charge in [0.15, 0.2) is 0 Å². The maximum absolute atomic E-state index is 11.9. The van der Waals surface area contributed by atoms with Gasteiger partial charge in [-0.2, -0.15) is 0 Å². The number of hydrogen-bond donors (Lipinski definition) is 1. The molecule has 5 heteroatoms. The molecule has 1 fully saturated rings.